The lowest BCUT2D eigenvalue weighted by molar-refractivity contribution is 0.0995. The van der Waals surface area contributed by atoms with Crippen LogP contribution in [0.25, 0.3) is 11.3 Å². The summed E-state index contributed by atoms with van der Waals surface area (Å²) in [5.74, 6) is -0.350. The molecule has 0 atom stereocenters. The molecule has 29 heavy (non-hydrogen) atoms. The Balaban J connectivity index is 1.44. The number of amides is 2. The molecule has 1 aromatic carbocycles. The van der Waals surface area contributed by atoms with Crippen molar-refractivity contribution in [3.05, 3.63) is 75.3 Å². The smallest absolute Gasteiger partial charge is 0.291 e. The molecule has 0 fully saturated rings. The number of benzene rings is 1. The number of aromatic nitrogens is 1. The second-order valence-electron chi connectivity index (χ2n) is 6.34. The number of carbonyl (C=O) groups excluding carboxylic acids is 2. The van der Waals surface area contributed by atoms with Crippen LogP contribution in [0.4, 0.5) is 10.7 Å². The van der Waals surface area contributed by atoms with Gasteiger partial charge in [0.2, 0.25) is 0 Å². The third-order valence-corrected chi connectivity index (χ3v) is 6.09. The van der Waals surface area contributed by atoms with E-state index in [4.69, 9.17) is 4.42 Å². The maximum absolute atomic E-state index is 12.7. The van der Waals surface area contributed by atoms with Crippen molar-refractivity contribution in [3.63, 3.8) is 0 Å². The molecule has 3 aromatic heterocycles. The average Bonchev–Trinajstić information content (AvgIpc) is 3.44. The molecule has 2 amide bonds. The van der Waals surface area contributed by atoms with Crippen LogP contribution < -0.4 is 10.6 Å². The van der Waals surface area contributed by atoms with Gasteiger partial charge in [0.15, 0.2) is 5.76 Å². The number of nitrogens with zero attached hydrogens (tertiary/aromatic N) is 1. The van der Waals surface area contributed by atoms with E-state index in [0.29, 0.717) is 15.6 Å². The fraction of sp³-hybridized carbons (Fsp3) is 0.0952. The number of rotatable bonds is 5. The van der Waals surface area contributed by atoms with E-state index < -0.39 is 0 Å². The van der Waals surface area contributed by atoms with E-state index in [1.54, 1.807) is 29.5 Å². The lowest BCUT2D eigenvalue weighted by atomic mass is 10.1. The Labute approximate surface area is 175 Å². The minimum absolute atomic E-state index is 0.219. The zero-order valence-corrected chi connectivity index (χ0v) is 17.3. The first-order valence-electron chi connectivity index (χ1n) is 8.79. The van der Waals surface area contributed by atoms with E-state index in [9.17, 15) is 9.59 Å². The lowest BCUT2D eigenvalue weighted by Crippen LogP contribution is -2.11. The van der Waals surface area contributed by atoms with Crippen LogP contribution in [-0.4, -0.2) is 16.8 Å². The van der Waals surface area contributed by atoms with Crippen LogP contribution in [0.2, 0.25) is 0 Å². The molecule has 146 valence electrons. The first kappa shape index (κ1) is 19.1. The van der Waals surface area contributed by atoms with Gasteiger partial charge in [-0.2, -0.15) is 0 Å². The normalized spacial score (nSPS) is 10.7. The minimum Gasteiger partial charge on any atom is -0.459 e. The predicted molar refractivity (Wildman–Crippen MR) is 116 cm³/mol. The van der Waals surface area contributed by atoms with Crippen molar-refractivity contribution < 1.29 is 14.0 Å². The van der Waals surface area contributed by atoms with Gasteiger partial charge < -0.3 is 15.1 Å². The van der Waals surface area contributed by atoms with E-state index in [1.807, 2.05) is 43.5 Å². The third kappa shape index (κ3) is 4.28. The van der Waals surface area contributed by atoms with E-state index >= 15 is 0 Å². The van der Waals surface area contributed by atoms with Crippen molar-refractivity contribution in [2.24, 2.45) is 0 Å². The van der Waals surface area contributed by atoms with Crippen molar-refractivity contribution >= 4 is 45.2 Å². The summed E-state index contributed by atoms with van der Waals surface area (Å²) in [5, 5.41) is 9.26. The summed E-state index contributed by atoms with van der Waals surface area (Å²) < 4.78 is 5.08. The number of hydrogen-bond donors (Lipinski definition) is 2. The molecule has 0 saturated heterocycles. The highest BCUT2D eigenvalue weighted by atomic mass is 32.1. The van der Waals surface area contributed by atoms with Gasteiger partial charge in [-0.1, -0.05) is 12.1 Å². The highest BCUT2D eigenvalue weighted by Gasteiger charge is 2.17. The van der Waals surface area contributed by atoms with Gasteiger partial charge in [0.05, 0.1) is 26.8 Å². The van der Waals surface area contributed by atoms with Gasteiger partial charge in [-0.3, -0.25) is 9.59 Å². The molecule has 0 radical (unpaired) electrons. The molecule has 3 heterocycles. The molecule has 4 rings (SSSR count). The Bertz CT molecular complexity index is 1160. The van der Waals surface area contributed by atoms with Crippen LogP contribution in [0.15, 0.2) is 58.5 Å². The molecule has 0 aliphatic rings. The van der Waals surface area contributed by atoms with E-state index in [0.717, 1.165) is 21.8 Å². The SMILES string of the molecule is Cc1nc(-c2ccc(NC(=O)c3sc(NC(=O)c4ccco4)cc3C)cc2)cs1. The molecule has 0 spiro atoms. The Kier molecular flexibility index (Phi) is 5.28. The number of thiophene rings is 1. The second kappa shape index (κ2) is 8.02. The Morgan fingerprint density at radius 3 is 2.48 bits per heavy atom. The van der Waals surface area contributed by atoms with Crippen LogP contribution in [0, 0.1) is 13.8 Å². The summed E-state index contributed by atoms with van der Waals surface area (Å²) in [6.07, 6.45) is 1.44. The monoisotopic (exact) mass is 423 g/mol. The molecular formula is C21H17N3O3S2. The van der Waals surface area contributed by atoms with E-state index in [2.05, 4.69) is 15.6 Å². The van der Waals surface area contributed by atoms with Gasteiger partial charge in [0.1, 0.15) is 0 Å². The zero-order chi connectivity index (χ0) is 20.4. The van der Waals surface area contributed by atoms with E-state index in [1.165, 1.54) is 17.6 Å². The van der Waals surface area contributed by atoms with E-state index in [-0.39, 0.29) is 17.6 Å². The fourth-order valence-corrected chi connectivity index (χ4v) is 4.34. The zero-order valence-electron chi connectivity index (χ0n) is 15.7. The number of furan rings is 1. The summed E-state index contributed by atoms with van der Waals surface area (Å²) in [6, 6.07) is 12.6. The Morgan fingerprint density at radius 1 is 1.03 bits per heavy atom. The van der Waals surface area contributed by atoms with Crippen molar-refractivity contribution in [1.82, 2.24) is 4.98 Å². The number of carbonyl (C=O) groups is 2. The topological polar surface area (TPSA) is 84.2 Å². The molecule has 0 unspecified atom stereocenters. The summed E-state index contributed by atoms with van der Waals surface area (Å²) in [4.78, 5) is 29.8. The van der Waals surface area contributed by atoms with Gasteiger partial charge >= 0.3 is 0 Å². The minimum atomic E-state index is -0.351. The predicted octanol–water partition coefficient (Wildman–Crippen LogP) is 5.59. The third-order valence-electron chi connectivity index (χ3n) is 4.16. The number of nitrogens with one attached hydrogen (secondary N) is 2. The Hall–Kier alpha value is -3.23. The first-order valence-corrected chi connectivity index (χ1v) is 10.5. The van der Waals surface area contributed by atoms with Crippen LogP contribution in [0.3, 0.4) is 0 Å². The van der Waals surface area contributed by atoms with Crippen LogP contribution in [-0.2, 0) is 0 Å². The average molecular weight is 424 g/mol. The summed E-state index contributed by atoms with van der Waals surface area (Å²) in [5.41, 5.74) is 3.41. The highest BCUT2D eigenvalue weighted by molar-refractivity contribution is 7.18. The van der Waals surface area contributed by atoms with Crippen molar-refractivity contribution in [1.29, 1.82) is 0 Å². The summed E-state index contributed by atoms with van der Waals surface area (Å²) >= 11 is 2.82. The number of aryl methyl sites for hydroxylation is 2. The van der Waals surface area contributed by atoms with Gasteiger partial charge in [0.25, 0.3) is 11.8 Å². The van der Waals surface area contributed by atoms with Gasteiger partial charge in [-0.05, 0) is 49.7 Å². The van der Waals surface area contributed by atoms with Crippen LogP contribution in [0.5, 0.6) is 0 Å². The molecule has 0 bridgehead atoms. The van der Waals surface area contributed by atoms with Crippen molar-refractivity contribution in [3.8, 4) is 11.3 Å². The number of thiazole rings is 1. The molecular weight excluding hydrogens is 406 g/mol. The fourth-order valence-electron chi connectivity index (χ4n) is 2.76. The molecule has 0 aliphatic heterocycles. The Morgan fingerprint density at radius 2 is 1.83 bits per heavy atom. The van der Waals surface area contributed by atoms with Crippen LogP contribution in [0.1, 0.15) is 30.8 Å². The number of anilines is 2. The largest absolute Gasteiger partial charge is 0.459 e. The molecule has 8 heteroatoms. The molecule has 4 aromatic rings. The summed E-state index contributed by atoms with van der Waals surface area (Å²) in [6.45, 7) is 3.80. The van der Waals surface area contributed by atoms with Gasteiger partial charge in [-0.25, -0.2) is 4.98 Å². The molecule has 0 saturated carbocycles. The van der Waals surface area contributed by atoms with Crippen molar-refractivity contribution in [2.45, 2.75) is 13.8 Å². The molecule has 6 nitrogen and oxygen atoms in total. The second-order valence-corrected chi connectivity index (χ2v) is 8.45. The highest BCUT2D eigenvalue weighted by Crippen LogP contribution is 2.28. The van der Waals surface area contributed by atoms with Gasteiger partial charge in [0, 0.05) is 16.6 Å². The first-order chi connectivity index (χ1) is 14.0. The quantitative estimate of drug-likeness (QED) is 0.438. The van der Waals surface area contributed by atoms with Gasteiger partial charge in [-0.15, -0.1) is 22.7 Å². The summed E-state index contributed by atoms with van der Waals surface area (Å²) in [7, 11) is 0. The molecule has 0 aliphatic carbocycles. The maximum Gasteiger partial charge on any atom is 0.291 e. The lowest BCUT2D eigenvalue weighted by Gasteiger charge is -2.05. The standard InChI is InChI=1S/C21H17N3O3S2/c1-12-10-18(24-20(25)17-4-3-9-27-17)29-19(12)21(26)23-15-7-5-14(6-8-15)16-11-28-13(2)22-16/h3-11H,1-2H3,(H,23,26)(H,24,25). The maximum atomic E-state index is 12.7. The van der Waals surface area contributed by atoms with Crippen LogP contribution >= 0.6 is 22.7 Å². The molecule has 2 N–H and O–H groups in total. The van der Waals surface area contributed by atoms with Crippen molar-refractivity contribution in [2.75, 3.05) is 10.6 Å². The number of hydrogen-bond acceptors (Lipinski definition) is 6.